The van der Waals surface area contributed by atoms with E-state index in [2.05, 4.69) is 0 Å². The zero-order chi connectivity index (χ0) is 68.6. The summed E-state index contributed by atoms with van der Waals surface area (Å²) in [6.07, 6.45) is -25.4. The van der Waals surface area contributed by atoms with Crippen LogP contribution in [0.5, 0.6) is 0 Å². The Labute approximate surface area is 544 Å². The third-order valence-corrected chi connectivity index (χ3v) is 19.5. The molecule has 29 heteroatoms. The highest BCUT2D eigenvalue weighted by atomic mass is 16.8. The van der Waals surface area contributed by atoms with Gasteiger partial charge < -0.3 is 105 Å². The number of ether oxygens (including phenoxy) is 20. The quantitative estimate of drug-likeness (QED) is 0.109. The van der Waals surface area contributed by atoms with Gasteiger partial charge in [-0.3, -0.25) is 33.6 Å². The summed E-state index contributed by atoms with van der Waals surface area (Å²) in [6.45, 7) is 28.6. The standard InChI is InChI=1S/C64H102O29/c1-26-19-75-59(52(29(26)4)81-38(13)66)78-22-44-32(7)33(8)55(84-41(16)69)62(88-44)92-50-35(10)57(86-43(18)71)64(90-46(50)24-79-60-53(82-39(14)67)30(5)27(2)20-76-60)93-51-36(11)56(85-42(17)70)63(91-49-34(9)48(72)58(73)87-45(49)23-74-37(12)65)89-47(51)25-80-61-54(83-40(15)68)31(6)28(3)21-77-61/h26-36,44-64,72-73H,19-25H2,1-18H3/t26-,27-,28-,29+,30?,31+,32+,33+,34-,35+,36+,44?,45+,46?,47?,48?,49+,50+,51+,52?,53?,54?,55?,56?,57?,58?,59-,60-,61-,62+,63+,64?/m1/s1. The van der Waals surface area contributed by atoms with E-state index in [1.165, 1.54) is 48.5 Å². The molecule has 0 aromatic rings. The number of carbonyl (C=O) groups excluding carboxylic acids is 7. The molecule has 2 N–H and O–H groups in total. The molecule has 0 bridgehead atoms. The van der Waals surface area contributed by atoms with Crippen LogP contribution in [0.1, 0.15) is 125 Å². The lowest BCUT2D eigenvalue weighted by Gasteiger charge is -2.51. The maximum Gasteiger partial charge on any atom is 0.303 e. The Balaban J connectivity index is 1.28. The highest BCUT2D eigenvalue weighted by Crippen LogP contribution is 2.43. The lowest BCUT2D eigenvalue weighted by molar-refractivity contribution is -0.382. The van der Waals surface area contributed by atoms with Crippen LogP contribution in [0.25, 0.3) is 0 Å². The minimum absolute atomic E-state index is 0.0478. The molecule has 7 saturated heterocycles. The van der Waals surface area contributed by atoms with Gasteiger partial charge in [-0.05, 0) is 23.7 Å². The van der Waals surface area contributed by atoms with Gasteiger partial charge in [-0.2, -0.15) is 0 Å². The zero-order valence-electron chi connectivity index (χ0n) is 56.8. The number of hydrogen-bond acceptors (Lipinski definition) is 29. The molecule has 7 rings (SSSR count). The smallest absolute Gasteiger partial charge is 0.303 e. The monoisotopic (exact) mass is 1330 g/mol. The maximum absolute atomic E-state index is 13.5. The third-order valence-electron chi connectivity index (χ3n) is 19.5. The maximum atomic E-state index is 13.5. The van der Waals surface area contributed by atoms with Gasteiger partial charge in [-0.1, -0.05) is 76.2 Å². The molecular weight excluding hydrogens is 1230 g/mol. The topological polar surface area (TPSA) is 345 Å². The van der Waals surface area contributed by atoms with Gasteiger partial charge in [0.2, 0.25) is 0 Å². The second kappa shape index (κ2) is 33.8. The van der Waals surface area contributed by atoms with Gasteiger partial charge in [0, 0.05) is 89.9 Å². The Morgan fingerprint density at radius 3 is 0.914 bits per heavy atom. The zero-order valence-corrected chi connectivity index (χ0v) is 56.8. The van der Waals surface area contributed by atoms with Crippen LogP contribution in [0.2, 0.25) is 0 Å². The first-order valence-corrected chi connectivity index (χ1v) is 32.6. The third kappa shape index (κ3) is 19.3. The molecule has 32 atom stereocenters. The van der Waals surface area contributed by atoms with E-state index in [4.69, 9.17) is 94.7 Å². The molecule has 0 amide bonds. The molecule has 13 unspecified atom stereocenters. The van der Waals surface area contributed by atoms with Crippen LogP contribution in [-0.4, -0.2) is 228 Å². The normalized spacial score (nSPS) is 43.8. The fraction of sp³-hybridized carbons (Fsp3) is 0.891. The van der Waals surface area contributed by atoms with Gasteiger partial charge in [0.15, 0.2) is 80.7 Å². The van der Waals surface area contributed by atoms with E-state index in [0.717, 1.165) is 0 Å². The Morgan fingerprint density at radius 1 is 0.312 bits per heavy atom. The number of aliphatic hydroxyl groups is 2. The summed E-state index contributed by atoms with van der Waals surface area (Å²) in [5, 5.41) is 21.9. The first kappa shape index (κ1) is 76.1. The van der Waals surface area contributed by atoms with Gasteiger partial charge in [-0.25, -0.2) is 0 Å². The summed E-state index contributed by atoms with van der Waals surface area (Å²) in [5.74, 6) is -8.80. The Kier molecular flexibility index (Phi) is 27.6. The largest absolute Gasteiger partial charge is 0.463 e. The lowest BCUT2D eigenvalue weighted by atomic mass is 9.83. The molecular formula is C64H102O29. The summed E-state index contributed by atoms with van der Waals surface area (Å²) in [4.78, 5) is 89.5. The molecule has 0 aromatic heterocycles. The molecule has 29 nitrogen and oxygen atoms in total. The van der Waals surface area contributed by atoms with Gasteiger partial charge in [-0.15, -0.1) is 0 Å². The van der Waals surface area contributed by atoms with E-state index in [-0.39, 0.29) is 67.9 Å². The Morgan fingerprint density at radius 2 is 0.591 bits per heavy atom. The van der Waals surface area contributed by atoms with Gasteiger partial charge in [0.05, 0.1) is 64.1 Å². The first-order chi connectivity index (χ1) is 43.8. The molecule has 93 heavy (non-hydrogen) atoms. The predicted molar refractivity (Wildman–Crippen MR) is 315 cm³/mol. The van der Waals surface area contributed by atoms with Crippen molar-refractivity contribution in [2.24, 2.45) is 65.1 Å². The SMILES string of the molecule is CC(=O)OC[C@@H]1OC(O)C(O)[C@@H](C)[C@@H]1O[C@@H]1OC(CO[C@H]2OC[C@@H](C)[C@H](C)C2OC(C)=O)[C@@H](OC2OC(CO[C@H]3OC[C@@H](C)C(C)C3OC(C)=O)[C@@H](O[C@@H]3OC(CO[C@H]4OC[C@@H](C)[C@H](C)C4OC(C)=O)[C@@H](C)[C@H](C)C3OC(C)=O)[C@H](C)C2OC(C)=O)[C@H](C)C1OC(C)=O. The number of hydrogen-bond donors (Lipinski definition) is 2. The molecule has 0 aromatic carbocycles. The van der Waals surface area contributed by atoms with Gasteiger partial charge in [0.25, 0.3) is 0 Å². The van der Waals surface area contributed by atoms with E-state index in [0.29, 0.717) is 6.61 Å². The molecule has 7 fully saturated rings. The van der Waals surface area contributed by atoms with Crippen LogP contribution >= 0.6 is 0 Å². The van der Waals surface area contributed by atoms with Crippen LogP contribution < -0.4 is 0 Å². The van der Waals surface area contributed by atoms with Crippen molar-refractivity contribution in [3.05, 3.63) is 0 Å². The summed E-state index contributed by atoms with van der Waals surface area (Å²) in [7, 11) is 0. The van der Waals surface area contributed by atoms with Gasteiger partial charge in [0.1, 0.15) is 31.0 Å². The molecule has 7 heterocycles. The average Bonchev–Trinajstić information content (AvgIpc) is 0.789. The Bertz CT molecular complexity index is 2490. The molecule has 0 aliphatic carbocycles. The van der Waals surface area contributed by atoms with E-state index >= 15 is 0 Å². The van der Waals surface area contributed by atoms with E-state index in [1.54, 1.807) is 20.8 Å². The van der Waals surface area contributed by atoms with Crippen molar-refractivity contribution in [1.29, 1.82) is 0 Å². The van der Waals surface area contributed by atoms with Crippen molar-refractivity contribution in [2.45, 2.75) is 254 Å². The highest BCUT2D eigenvalue weighted by molar-refractivity contribution is 5.68. The molecule has 7 aliphatic rings. The number of rotatable bonds is 23. The van der Waals surface area contributed by atoms with E-state index in [9.17, 15) is 43.8 Å². The van der Waals surface area contributed by atoms with Gasteiger partial charge >= 0.3 is 41.8 Å². The van der Waals surface area contributed by atoms with E-state index in [1.807, 2.05) is 55.4 Å². The van der Waals surface area contributed by atoms with Crippen LogP contribution in [0.15, 0.2) is 0 Å². The molecule has 0 spiro atoms. The minimum atomic E-state index is -1.70. The van der Waals surface area contributed by atoms with Crippen molar-refractivity contribution in [3.63, 3.8) is 0 Å². The van der Waals surface area contributed by atoms with Crippen LogP contribution in [0, 0.1) is 65.1 Å². The van der Waals surface area contributed by atoms with Crippen LogP contribution in [0.3, 0.4) is 0 Å². The second-order valence-electron chi connectivity index (χ2n) is 26.6. The van der Waals surface area contributed by atoms with Crippen LogP contribution in [-0.2, 0) is 128 Å². The van der Waals surface area contributed by atoms with Crippen molar-refractivity contribution < 1.29 is 139 Å². The number of esters is 7. The summed E-state index contributed by atoms with van der Waals surface area (Å²) in [6, 6.07) is 0. The lowest BCUT2D eigenvalue weighted by Crippen LogP contribution is -2.65. The fourth-order valence-corrected chi connectivity index (χ4v) is 13.1. The fourth-order valence-electron chi connectivity index (χ4n) is 13.1. The minimum Gasteiger partial charge on any atom is -0.463 e. The summed E-state index contributed by atoms with van der Waals surface area (Å²) in [5.41, 5.74) is 0. The van der Waals surface area contributed by atoms with Crippen molar-refractivity contribution >= 4 is 41.8 Å². The average molecular weight is 1340 g/mol. The summed E-state index contributed by atoms with van der Waals surface area (Å²) >= 11 is 0. The molecule has 532 valence electrons. The summed E-state index contributed by atoms with van der Waals surface area (Å²) < 4.78 is 126. The molecule has 0 radical (unpaired) electrons. The Hall–Kier alpha value is -4.31. The molecule has 7 aliphatic heterocycles. The predicted octanol–water partition coefficient (Wildman–Crippen LogP) is 3.66. The second-order valence-corrected chi connectivity index (χ2v) is 26.6. The van der Waals surface area contributed by atoms with E-state index < -0.39 is 208 Å². The van der Waals surface area contributed by atoms with Crippen molar-refractivity contribution in [2.75, 3.05) is 46.2 Å². The number of carbonyl (C=O) groups is 7. The van der Waals surface area contributed by atoms with Crippen molar-refractivity contribution in [1.82, 2.24) is 0 Å². The molecule has 0 saturated carbocycles. The number of aliphatic hydroxyl groups excluding tert-OH is 2. The first-order valence-electron chi connectivity index (χ1n) is 32.6. The highest BCUT2D eigenvalue weighted by Gasteiger charge is 2.57. The van der Waals surface area contributed by atoms with Crippen molar-refractivity contribution in [3.8, 4) is 0 Å². The van der Waals surface area contributed by atoms with Crippen LogP contribution in [0.4, 0.5) is 0 Å².